The fraction of sp³-hybridized carbons (Fsp3) is 0.500. The van der Waals surface area contributed by atoms with Gasteiger partial charge in [0, 0.05) is 55.8 Å². The summed E-state index contributed by atoms with van der Waals surface area (Å²) in [6.45, 7) is 7.84. The molecule has 38 heavy (non-hydrogen) atoms. The zero-order valence-electron chi connectivity index (χ0n) is 23.0. The van der Waals surface area contributed by atoms with Crippen LogP contribution in [0.3, 0.4) is 0 Å². The highest BCUT2D eigenvalue weighted by Gasteiger charge is 2.28. The number of carbonyl (C=O) groups excluding carboxylic acids is 2. The number of hydrogen-bond donors (Lipinski definition) is 0. The van der Waals surface area contributed by atoms with Crippen molar-refractivity contribution >= 4 is 28.5 Å². The van der Waals surface area contributed by atoms with E-state index in [1.165, 1.54) is 37.7 Å². The Balaban J connectivity index is 1.29. The van der Waals surface area contributed by atoms with Crippen LogP contribution >= 0.6 is 0 Å². The first kappa shape index (κ1) is 26.5. The molecule has 2 aromatic carbocycles. The standard InChI is InChI=1S/C32H41N3O3/c1-24-21-28-22-26(13-14-31(28)38-24)32(37)33-19-15-29(16-20-33)34-17-9-5-3-4-6-10-18-35(25(2)36)30-12-8-7-11-27(30)23-34/h7-8,11-14,21-22,29H,3-6,9-10,15-20,23H2,1-2H3. The van der Waals surface area contributed by atoms with E-state index in [0.717, 1.165) is 80.0 Å². The number of benzene rings is 2. The van der Waals surface area contributed by atoms with Crippen LogP contribution in [0.25, 0.3) is 11.0 Å². The largest absolute Gasteiger partial charge is 0.461 e. The smallest absolute Gasteiger partial charge is 0.253 e. The van der Waals surface area contributed by atoms with Crippen molar-refractivity contribution in [2.75, 3.05) is 31.1 Å². The van der Waals surface area contributed by atoms with Gasteiger partial charge in [0.1, 0.15) is 11.3 Å². The van der Waals surface area contributed by atoms with Crippen molar-refractivity contribution < 1.29 is 14.0 Å². The predicted octanol–water partition coefficient (Wildman–Crippen LogP) is 6.56. The lowest BCUT2D eigenvalue weighted by molar-refractivity contribution is -0.116. The third kappa shape index (κ3) is 6.12. The molecule has 3 heterocycles. The molecule has 0 N–H and O–H groups in total. The second-order valence-electron chi connectivity index (χ2n) is 11.0. The molecule has 0 atom stereocenters. The van der Waals surface area contributed by atoms with Crippen LogP contribution in [0.2, 0.25) is 0 Å². The van der Waals surface area contributed by atoms with Crippen LogP contribution in [0.5, 0.6) is 0 Å². The van der Waals surface area contributed by atoms with Crippen molar-refractivity contribution in [2.45, 2.75) is 77.8 Å². The SMILES string of the molecule is CC(=O)N1CCCCCCCCN(C2CCN(C(=O)c3ccc4oc(C)cc4c3)CC2)Cc2ccccc21. The molecular weight excluding hydrogens is 474 g/mol. The second kappa shape index (κ2) is 12.2. The summed E-state index contributed by atoms with van der Waals surface area (Å²) in [5.74, 6) is 1.09. The van der Waals surface area contributed by atoms with Gasteiger partial charge >= 0.3 is 0 Å². The van der Waals surface area contributed by atoms with Crippen molar-refractivity contribution in [3.8, 4) is 0 Å². The normalized spacial score (nSPS) is 18.9. The van der Waals surface area contributed by atoms with Crippen LogP contribution in [-0.2, 0) is 11.3 Å². The lowest BCUT2D eigenvalue weighted by atomic mass is 10.00. The number of rotatable bonds is 2. The first-order valence-electron chi connectivity index (χ1n) is 14.4. The summed E-state index contributed by atoms with van der Waals surface area (Å²) in [5.41, 5.74) is 3.84. The first-order chi connectivity index (χ1) is 18.5. The third-order valence-corrected chi connectivity index (χ3v) is 8.27. The number of likely N-dealkylation sites (tertiary alicyclic amines) is 1. The topological polar surface area (TPSA) is 57.0 Å². The quantitative estimate of drug-likeness (QED) is 0.388. The summed E-state index contributed by atoms with van der Waals surface area (Å²) >= 11 is 0. The predicted molar refractivity (Wildman–Crippen MR) is 152 cm³/mol. The van der Waals surface area contributed by atoms with Gasteiger partial charge in [-0.25, -0.2) is 0 Å². The van der Waals surface area contributed by atoms with E-state index in [1.807, 2.05) is 47.1 Å². The van der Waals surface area contributed by atoms with Crippen molar-refractivity contribution in [1.29, 1.82) is 0 Å². The molecular formula is C32H41N3O3. The monoisotopic (exact) mass is 515 g/mol. The van der Waals surface area contributed by atoms with Gasteiger partial charge in [0.25, 0.3) is 5.91 Å². The Hall–Kier alpha value is -3.12. The highest BCUT2D eigenvalue weighted by atomic mass is 16.3. The molecule has 0 unspecified atom stereocenters. The maximum absolute atomic E-state index is 13.3. The molecule has 5 rings (SSSR count). The van der Waals surface area contributed by atoms with Crippen molar-refractivity contribution in [3.63, 3.8) is 0 Å². The van der Waals surface area contributed by atoms with Crippen LogP contribution < -0.4 is 4.90 Å². The first-order valence-corrected chi connectivity index (χ1v) is 14.4. The number of fused-ring (bicyclic) bond motifs is 2. The van der Waals surface area contributed by atoms with Gasteiger partial charge in [0.2, 0.25) is 5.91 Å². The molecule has 2 aliphatic rings. The van der Waals surface area contributed by atoms with Gasteiger partial charge < -0.3 is 14.2 Å². The van der Waals surface area contributed by atoms with Gasteiger partial charge in [-0.3, -0.25) is 14.5 Å². The number of nitrogens with zero attached hydrogens (tertiary/aromatic N) is 3. The molecule has 0 bridgehead atoms. The summed E-state index contributed by atoms with van der Waals surface area (Å²) in [7, 11) is 0. The number of para-hydroxylation sites is 1. The summed E-state index contributed by atoms with van der Waals surface area (Å²) in [6.07, 6.45) is 9.11. The van der Waals surface area contributed by atoms with E-state index in [-0.39, 0.29) is 11.8 Å². The highest BCUT2D eigenvalue weighted by molar-refractivity contribution is 5.98. The molecule has 2 amide bonds. The molecule has 0 radical (unpaired) electrons. The lowest BCUT2D eigenvalue weighted by Crippen LogP contribution is -2.47. The van der Waals surface area contributed by atoms with Gasteiger partial charge in [-0.15, -0.1) is 0 Å². The maximum atomic E-state index is 13.3. The van der Waals surface area contributed by atoms with Crippen LogP contribution in [0, 0.1) is 6.92 Å². The van der Waals surface area contributed by atoms with Crippen molar-refractivity contribution in [2.24, 2.45) is 0 Å². The van der Waals surface area contributed by atoms with Crippen molar-refractivity contribution in [1.82, 2.24) is 9.80 Å². The molecule has 6 heteroatoms. The Kier molecular flexibility index (Phi) is 8.48. The van der Waals surface area contributed by atoms with E-state index in [9.17, 15) is 9.59 Å². The maximum Gasteiger partial charge on any atom is 0.253 e. The van der Waals surface area contributed by atoms with Crippen LogP contribution in [0.4, 0.5) is 5.69 Å². The van der Waals surface area contributed by atoms with Crippen molar-refractivity contribution in [3.05, 3.63) is 65.4 Å². The van der Waals surface area contributed by atoms with Crippen LogP contribution in [0.1, 0.15) is 80.0 Å². The zero-order chi connectivity index (χ0) is 26.5. The Morgan fingerprint density at radius 1 is 0.842 bits per heavy atom. The molecule has 1 aromatic heterocycles. The van der Waals surface area contributed by atoms with Gasteiger partial charge in [0.15, 0.2) is 0 Å². The van der Waals surface area contributed by atoms with Crippen LogP contribution in [-0.4, -0.2) is 53.8 Å². The number of aryl methyl sites for hydroxylation is 1. The Labute approximate surface area is 226 Å². The molecule has 0 spiro atoms. The number of piperidine rings is 1. The molecule has 3 aromatic rings. The summed E-state index contributed by atoms with van der Waals surface area (Å²) in [5, 5.41) is 0.983. The third-order valence-electron chi connectivity index (χ3n) is 8.27. The van der Waals surface area contributed by atoms with E-state index < -0.39 is 0 Å². The van der Waals surface area contributed by atoms with E-state index in [2.05, 4.69) is 23.1 Å². The number of furan rings is 1. The minimum Gasteiger partial charge on any atom is -0.461 e. The Morgan fingerprint density at radius 3 is 2.32 bits per heavy atom. The average molecular weight is 516 g/mol. The Bertz CT molecular complexity index is 1260. The van der Waals surface area contributed by atoms with Gasteiger partial charge in [-0.1, -0.05) is 43.9 Å². The molecule has 202 valence electrons. The Morgan fingerprint density at radius 2 is 1.55 bits per heavy atom. The summed E-state index contributed by atoms with van der Waals surface area (Å²) < 4.78 is 5.68. The molecule has 2 aliphatic heterocycles. The van der Waals surface area contributed by atoms with Gasteiger partial charge in [-0.05, 0) is 75.0 Å². The van der Waals surface area contributed by atoms with E-state index in [1.54, 1.807) is 6.92 Å². The summed E-state index contributed by atoms with van der Waals surface area (Å²) in [6, 6.07) is 16.6. The zero-order valence-corrected chi connectivity index (χ0v) is 23.0. The lowest BCUT2D eigenvalue weighted by Gasteiger charge is -2.39. The van der Waals surface area contributed by atoms with E-state index in [0.29, 0.717) is 6.04 Å². The molecule has 1 saturated heterocycles. The molecule has 0 aliphatic carbocycles. The summed E-state index contributed by atoms with van der Waals surface area (Å²) in [4.78, 5) is 32.5. The van der Waals surface area contributed by atoms with Gasteiger partial charge in [0.05, 0.1) is 0 Å². The average Bonchev–Trinajstić information content (AvgIpc) is 3.31. The van der Waals surface area contributed by atoms with Crippen LogP contribution in [0.15, 0.2) is 52.9 Å². The fourth-order valence-electron chi connectivity index (χ4n) is 6.18. The van der Waals surface area contributed by atoms with Gasteiger partial charge in [-0.2, -0.15) is 0 Å². The molecule has 0 saturated carbocycles. The number of amides is 2. The number of anilines is 1. The van der Waals surface area contributed by atoms with E-state index in [4.69, 9.17) is 4.42 Å². The molecule has 1 fully saturated rings. The second-order valence-corrected chi connectivity index (χ2v) is 11.0. The molecule has 6 nitrogen and oxygen atoms in total. The van der Waals surface area contributed by atoms with E-state index >= 15 is 0 Å². The fourth-order valence-corrected chi connectivity index (χ4v) is 6.18. The number of carbonyl (C=O) groups is 2. The number of hydrogen-bond acceptors (Lipinski definition) is 4. The minimum atomic E-state index is 0.108. The minimum absolute atomic E-state index is 0.108. The highest BCUT2D eigenvalue weighted by Crippen LogP contribution is 2.28.